The lowest BCUT2D eigenvalue weighted by Gasteiger charge is -2.09. The Labute approximate surface area is 141 Å². The van der Waals surface area contributed by atoms with Gasteiger partial charge in [-0.05, 0) is 30.3 Å². The van der Waals surface area contributed by atoms with Gasteiger partial charge in [-0.1, -0.05) is 0 Å². The molecule has 0 saturated carbocycles. The molecule has 0 aliphatic heterocycles. The van der Waals surface area contributed by atoms with Gasteiger partial charge in [0.15, 0.2) is 0 Å². The summed E-state index contributed by atoms with van der Waals surface area (Å²) in [6.07, 6.45) is -3.38. The van der Waals surface area contributed by atoms with E-state index in [4.69, 9.17) is 5.73 Å². The Morgan fingerprint density at radius 1 is 1.08 bits per heavy atom. The Morgan fingerprint density at radius 3 is 2.00 bits per heavy atom. The molecule has 24 heavy (non-hydrogen) atoms. The van der Waals surface area contributed by atoms with Crippen LogP contribution < -0.4 is 16.4 Å². The van der Waals surface area contributed by atoms with Crippen molar-refractivity contribution in [2.75, 3.05) is 16.4 Å². The molecule has 0 radical (unpaired) electrons. The molecule has 0 aliphatic carbocycles. The largest absolute Gasteiger partial charge is 0.471 e. The molecule has 0 aliphatic rings. The molecule has 130 valence electrons. The highest BCUT2D eigenvalue weighted by Gasteiger charge is 2.38. The SMILES string of the molecule is Cl.Cn1cc(N)cc1C(=O)Nc1ccc(NC(=O)C(F)(F)F)cc1. The van der Waals surface area contributed by atoms with Gasteiger partial charge in [0.05, 0.1) is 5.69 Å². The molecule has 0 spiro atoms. The van der Waals surface area contributed by atoms with Crippen molar-refractivity contribution in [3.63, 3.8) is 0 Å². The van der Waals surface area contributed by atoms with Gasteiger partial charge in [0.25, 0.3) is 5.91 Å². The Hall–Kier alpha value is -2.68. The number of rotatable bonds is 3. The van der Waals surface area contributed by atoms with Crippen molar-refractivity contribution in [3.05, 3.63) is 42.2 Å². The van der Waals surface area contributed by atoms with Crippen LogP contribution in [0.25, 0.3) is 0 Å². The maximum absolute atomic E-state index is 12.1. The Balaban J connectivity index is 0.00000288. The first-order valence-electron chi connectivity index (χ1n) is 6.38. The third kappa shape index (κ3) is 4.66. The summed E-state index contributed by atoms with van der Waals surface area (Å²) in [4.78, 5) is 22.8. The first kappa shape index (κ1) is 19.4. The summed E-state index contributed by atoms with van der Waals surface area (Å²) in [6.45, 7) is 0. The molecular formula is C14H14ClF3N4O2. The molecule has 2 rings (SSSR count). The molecule has 2 amide bonds. The number of nitrogen functional groups attached to an aromatic ring is 1. The molecule has 2 aromatic rings. The van der Waals surface area contributed by atoms with Gasteiger partial charge in [0, 0.05) is 24.6 Å². The first-order chi connectivity index (χ1) is 10.7. The molecule has 1 aromatic heterocycles. The summed E-state index contributed by atoms with van der Waals surface area (Å²) >= 11 is 0. The highest BCUT2D eigenvalue weighted by Crippen LogP contribution is 2.20. The van der Waals surface area contributed by atoms with E-state index in [0.717, 1.165) is 0 Å². The zero-order valence-electron chi connectivity index (χ0n) is 12.3. The number of hydrogen-bond donors (Lipinski definition) is 3. The number of alkyl halides is 3. The minimum absolute atomic E-state index is 0. The van der Waals surface area contributed by atoms with Gasteiger partial charge in [0.2, 0.25) is 0 Å². The van der Waals surface area contributed by atoms with E-state index in [1.807, 2.05) is 0 Å². The molecule has 4 N–H and O–H groups in total. The van der Waals surface area contributed by atoms with Crippen molar-refractivity contribution in [3.8, 4) is 0 Å². The standard InChI is InChI=1S/C14H13F3N4O2.ClH/c1-21-7-8(18)6-11(21)12(22)19-9-2-4-10(5-3-9)20-13(23)14(15,16)17;/h2-7H,18H2,1H3,(H,19,22)(H,20,23);1H. The van der Waals surface area contributed by atoms with E-state index in [-0.39, 0.29) is 18.1 Å². The summed E-state index contributed by atoms with van der Waals surface area (Å²) in [7, 11) is 1.65. The number of anilines is 3. The number of carbonyl (C=O) groups excluding carboxylic acids is 2. The third-order valence-electron chi connectivity index (χ3n) is 2.92. The molecule has 0 bridgehead atoms. The van der Waals surface area contributed by atoms with Gasteiger partial charge >= 0.3 is 12.1 Å². The third-order valence-corrected chi connectivity index (χ3v) is 2.92. The highest BCUT2D eigenvalue weighted by atomic mass is 35.5. The fourth-order valence-corrected chi connectivity index (χ4v) is 1.85. The number of amides is 2. The average Bonchev–Trinajstić information content (AvgIpc) is 2.79. The number of nitrogens with zero attached hydrogens (tertiary/aromatic N) is 1. The van der Waals surface area contributed by atoms with E-state index in [1.54, 1.807) is 23.1 Å². The van der Waals surface area contributed by atoms with E-state index >= 15 is 0 Å². The number of nitrogens with two attached hydrogens (primary N) is 1. The minimum Gasteiger partial charge on any atom is -0.397 e. The topological polar surface area (TPSA) is 89.2 Å². The Bertz CT molecular complexity index is 741. The van der Waals surface area contributed by atoms with Crippen molar-refractivity contribution >= 4 is 41.3 Å². The molecular weight excluding hydrogens is 349 g/mol. The summed E-state index contributed by atoms with van der Waals surface area (Å²) < 4.78 is 37.9. The fraction of sp³-hybridized carbons (Fsp3) is 0.143. The molecule has 0 unspecified atom stereocenters. The van der Waals surface area contributed by atoms with Crippen molar-refractivity contribution in [1.82, 2.24) is 4.57 Å². The number of benzene rings is 1. The summed E-state index contributed by atoms with van der Waals surface area (Å²) in [5.74, 6) is -2.48. The number of aryl methyl sites for hydroxylation is 1. The van der Waals surface area contributed by atoms with Crippen LogP contribution in [0.5, 0.6) is 0 Å². The normalized spacial score (nSPS) is 10.7. The van der Waals surface area contributed by atoms with Gasteiger partial charge in [-0.15, -0.1) is 12.4 Å². The zero-order valence-corrected chi connectivity index (χ0v) is 13.2. The quantitative estimate of drug-likeness (QED) is 0.784. The number of nitrogens with one attached hydrogen (secondary N) is 2. The van der Waals surface area contributed by atoms with Crippen LogP contribution in [0.1, 0.15) is 10.5 Å². The van der Waals surface area contributed by atoms with Crippen LogP contribution in [0.3, 0.4) is 0 Å². The van der Waals surface area contributed by atoms with Crippen molar-refractivity contribution in [1.29, 1.82) is 0 Å². The van der Waals surface area contributed by atoms with Crippen molar-refractivity contribution in [2.24, 2.45) is 7.05 Å². The number of hydrogen-bond acceptors (Lipinski definition) is 3. The highest BCUT2D eigenvalue weighted by molar-refractivity contribution is 6.04. The van der Waals surface area contributed by atoms with Gasteiger partial charge in [0.1, 0.15) is 5.69 Å². The smallest absolute Gasteiger partial charge is 0.397 e. The van der Waals surface area contributed by atoms with Crippen molar-refractivity contribution in [2.45, 2.75) is 6.18 Å². The summed E-state index contributed by atoms with van der Waals surface area (Å²) in [5.41, 5.74) is 6.67. The molecule has 10 heteroatoms. The van der Waals surface area contributed by atoms with E-state index in [0.29, 0.717) is 17.1 Å². The monoisotopic (exact) mass is 362 g/mol. The molecule has 1 heterocycles. The Kier molecular flexibility index (Phi) is 5.86. The number of aromatic nitrogens is 1. The predicted molar refractivity (Wildman–Crippen MR) is 86.2 cm³/mol. The van der Waals surface area contributed by atoms with Crippen LogP contribution in [0.2, 0.25) is 0 Å². The van der Waals surface area contributed by atoms with Gasteiger partial charge in [-0.25, -0.2) is 0 Å². The fourth-order valence-electron chi connectivity index (χ4n) is 1.85. The molecule has 0 fully saturated rings. The lowest BCUT2D eigenvalue weighted by Crippen LogP contribution is -2.29. The van der Waals surface area contributed by atoms with E-state index in [9.17, 15) is 22.8 Å². The first-order valence-corrected chi connectivity index (χ1v) is 6.38. The van der Waals surface area contributed by atoms with Gasteiger partial charge in [-0.3, -0.25) is 9.59 Å². The van der Waals surface area contributed by atoms with Crippen LogP contribution >= 0.6 is 12.4 Å². The molecule has 6 nitrogen and oxygen atoms in total. The van der Waals surface area contributed by atoms with Crippen LogP contribution in [0.15, 0.2) is 36.5 Å². The zero-order chi connectivity index (χ0) is 17.2. The van der Waals surface area contributed by atoms with E-state index in [2.05, 4.69) is 5.32 Å². The van der Waals surface area contributed by atoms with E-state index in [1.165, 1.54) is 30.3 Å². The minimum atomic E-state index is -4.96. The van der Waals surface area contributed by atoms with E-state index < -0.39 is 18.0 Å². The molecule has 0 saturated heterocycles. The van der Waals surface area contributed by atoms with Crippen LogP contribution in [-0.4, -0.2) is 22.6 Å². The summed E-state index contributed by atoms with van der Waals surface area (Å²) in [6, 6.07) is 6.73. The van der Waals surface area contributed by atoms with Crippen LogP contribution in [0.4, 0.5) is 30.2 Å². The maximum atomic E-state index is 12.1. The number of carbonyl (C=O) groups is 2. The molecule has 0 atom stereocenters. The lowest BCUT2D eigenvalue weighted by molar-refractivity contribution is -0.167. The predicted octanol–water partition coefficient (Wildman–Crippen LogP) is 2.78. The van der Waals surface area contributed by atoms with Crippen molar-refractivity contribution < 1.29 is 22.8 Å². The van der Waals surface area contributed by atoms with Crippen LogP contribution in [0, 0.1) is 0 Å². The van der Waals surface area contributed by atoms with Crippen LogP contribution in [-0.2, 0) is 11.8 Å². The number of halogens is 4. The molecule has 1 aromatic carbocycles. The Morgan fingerprint density at radius 2 is 1.58 bits per heavy atom. The maximum Gasteiger partial charge on any atom is 0.471 e. The van der Waals surface area contributed by atoms with Gasteiger partial charge < -0.3 is 20.9 Å². The second-order valence-electron chi connectivity index (χ2n) is 4.75. The second kappa shape index (κ2) is 7.26. The second-order valence-corrected chi connectivity index (χ2v) is 4.75. The van der Waals surface area contributed by atoms with Gasteiger partial charge in [-0.2, -0.15) is 13.2 Å². The average molecular weight is 363 g/mol. The lowest BCUT2D eigenvalue weighted by atomic mass is 10.2. The summed E-state index contributed by atoms with van der Waals surface area (Å²) in [5, 5.41) is 4.28.